The molecule has 0 aliphatic rings. The zero-order valence-corrected chi connectivity index (χ0v) is 13.9. The molecule has 0 saturated heterocycles. The normalized spacial score (nSPS) is 10.9. The summed E-state index contributed by atoms with van der Waals surface area (Å²) in [5.74, 6) is 0.823. The van der Waals surface area contributed by atoms with Gasteiger partial charge in [-0.25, -0.2) is 4.99 Å². The molecule has 0 spiro atoms. The van der Waals surface area contributed by atoms with Crippen molar-refractivity contribution >= 4 is 29.9 Å². The number of rotatable bonds is 6. The van der Waals surface area contributed by atoms with Crippen LogP contribution in [0.2, 0.25) is 0 Å². The minimum Gasteiger partial charge on any atom is -0.357 e. The SMILES string of the molecule is CCNC(=NCc1ccn[nH]1)NCCn1cccc1.I. The molecule has 2 rings (SSSR count). The van der Waals surface area contributed by atoms with Crippen LogP contribution in [-0.2, 0) is 13.1 Å². The van der Waals surface area contributed by atoms with Crippen molar-refractivity contribution < 1.29 is 0 Å². The Hall–Kier alpha value is -1.51. The molecule has 110 valence electrons. The van der Waals surface area contributed by atoms with Crippen molar-refractivity contribution in [2.24, 2.45) is 4.99 Å². The molecule has 0 radical (unpaired) electrons. The van der Waals surface area contributed by atoms with Crippen LogP contribution in [0.3, 0.4) is 0 Å². The highest BCUT2D eigenvalue weighted by atomic mass is 127. The quantitative estimate of drug-likeness (QED) is 0.400. The van der Waals surface area contributed by atoms with E-state index in [0.29, 0.717) is 6.54 Å². The maximum absolute atomic E-state index is 4.49. The van der Waals surface area contributed by atoms with Gasteiger partial charge >= 0.3 is 0 Å². The topological polar surface area (TPSA) is 70.0 Å². The lowest BCUT2D eigenvalue weighted by Crippen LogP contribution is -2.38. The van der Waals surface area contributed by atoms with Crippen molar-refractivity contribution in [2.75, 3.05) is 13.1 Å². The van der Waals surface area contributed by atoms with E-state index in [9.17, 15) is 0 Å². The van der Waals surface area contributed by atoms with Gasteiger partial charge in [-0.1, -0.05) is 0 Å². The highest BCUT2D eigenvalue weighted by Gasteiger charge is 1.98. The molecule has 0 aliphatic carbocycles. The third-order valence-corrected chi connectivity index (χ3v) is 2.64. The van der Waals surface area contributed by atoms with Gasteiger partial charge in [-0.2, -0.15) is 5.10 Å². The first kappa shape index (κ1) is 16.5. The predicted octanol–water partition coefficient (Wildman–Crippen LogP) is 1.58. The first-order valence-corrected chi connectivity index (χ1v) is 6.49. The predicted molar refractivity (Wildman–Crippen MR) is 91.3 cm³/mol. The summed E-state index contributed by atoms with van der Waals surface area (Å²) in [4.78, 5) is 4.49. The van der Waals surface area contributed by atoms with Crippen LogP contribution in [0.25, 0.3) is 0 Å². The van der Waals surface area contributed by atoms with Crippen molar-refractivity contribution in [3.63, 3.8) is 0 Å². The van der Waals surface area contributed by atoms with Crippen LogP contribution < -0.4 is 10.6 Å². The summed E-state index contributed by atoms with van der Waals surface area (Å²) in [5, 5.41) is 13.3. The van der Waals surface area contributed by atoms with E-state index in [1.165, 1.54) is 0 Å². The van der Waals surface area contributed by atoms with Gasteiger partial charge in [0.05, 0.1) is 12.2 Å². The number of hydrogen-bond donors (Lipinski definition) is 3. The van der Waals surface area contributed by atoms with Gasteiger partial charge in [0, 0.05) is 38.2 Å². The average Bonchev–Trinajstić information content (AvgIpc) is 3.09. The van der Waals surface area contributed by atoms with Crippen LogP contribution in [0, 0.1) is 0 Å². The molecule has 20 heavy (non-hydrogen) atoms. The second-order valence-electron chi connectivity index (χ2n) is 4.12. The van der Waals surface area contributed by atoms with Gasteiger partial charge in [0.15, 0.2) is 5.96 Å². The van der Waals surface area contributed by atoms with Gasteiger partial charge < -0.3 is 15.2 Å². The van der Waals surface area contributed by atoms with Crippen LogP contribution in [0.4, 0.5) is 0 Å². The molecule has 6 nitrogen and oxygen atoms in total. The van der Waals surface area contributed by atoms with E-state index in [2.05, 4.69) is 49.7 Å². The standard InChI is InChI=1S/C13H20N6.HI/c1-2-14-13(16-11-12-5-6-17-18-12)15-7-10-19-8-3-4-9-19;/h3-6,8-9H,2,7,10-11H2,1H3,(H,17,18)(H2,14,15,16);1H. The molecule has 0 aliphatic heterocycles. The zero-order chi connectivity index (χ0) is 13.3. The molecule has 0 bridgehead atoms. The molecular weight excluding hydrogens is 367 g/mol. The van der Waals surface area contributed by atoms with Gasteiger partial charge in [-0.05, 0) is 25.1 Å². The van der Waals surface area contributed by atoms with Gasteiger partial charge in [0.2, 0.25) is 0 Å². The minimum absolute atomic E-state index is 0. The van der Waals surface area contributed by atoms with E-state index in [4.69, 9.17) is 0 Å². The summed E-state index contributed by atoms with van der Waals surface area (Å²) in [5.41, 5.74) is 1.00. The Morgan fingerprint density at radius 1 is 1.35 bits per heavy atom. The third-order valence-electron chi connectivity index (χ3n) is 2.64. The molecule has 7 heteroatoms. The molecular formula is C13H21IN6. The Morgan fingerprint density at radius 2 is 2.15 bits per heavy atom. The van der Waals surface area contributed by atoms with Crippen LogP contribution in [0.15, 0.2) is 41.8 Å². The van der Waals surface area contributed by atoms with Gasteiger partial charge in [0.25, 0.3) is 0 Å². The Balaban J connectivity index is 0.00000200. The fourth-order valence-electron chi connectivity index (χ4n) is 1.70. The first-order valence-electron chi connectivity index (χ1n) is 6.49. The molecule has 0 amide bonds. The summed E-state index contributed by atoms with van der Waals surface area (Å²) >= 11 is 0. The second-order valence-corrected chi connectivity index (χ2v) is 4.12. The number of H-pyrrole nitrogens is 1. The highest BCUT2D eigenvalue weighted by molar-refractivity contribution is 14.0. The van der Waals surface area contributed by atoms with Crippen LogP contribution >= 0.6 is 24.0 Å². The van der Waals surface area contributed by atoms with Crippen molar-refractivity contribution in [2.45, 2.75) is 20.0 Å². The molecule has 0 saturated carbocycles. The summed E-state index contributed by atoms with van der Waals surface area (Å²) in [6.07, 6.45) is 5.84. The average molecular weight is 388 g/mol. The summed E-state index contributed by atoms with van der Waals surface area (Å²) in [6.45, 7) is 5.25. The van der Waals surface area contributed by atoms with E-state index in [-0.39, 0.29) is 24.0 Å². The zero-order valence-electron chi connectivity index (χ0n) is 11.5. The summed E-state index contributed by atoms with van der Waals surface area (Å²) in [6, 6.07) is 5.97. The smallest absolute Gasteiger partial charge is 0.191 e. The van der Waals surface area contributed by atoms with E-state index in [0.717, 1.165) is 31.3 Å². The maximum atomic E-state index is 4.49. The van der Waals surface area contributed by atoms with Crippen molar-refractivity contribution in [3.05, 3.63) is 42.5 Å². The van der Waals surface area contributed by atoms with Gasteiger partial charge in [-0.3, -0.25) is 5.10 Å². The maximum Gasteiger partial charge on any atom is 0.191 e. The summed E-state index contributed by atoms with van der Waals surface area (Å²) in [7, 11) is 0. The van der Waals surface area contributed by atoms with E-state index < -0.39 is 0 Å². The van der Waals surface area contributed by atoms with E-state index >= 15 is 0 Å². The van der Waals surface area contributed by atoms with Gasteiger partial charge in [-0.15, -0.1) is 24.0 Å². The lowest BCUT2D eigenvalue weighted by atomic mass is 10.4. The third kappa shape index (κ3) is 5.64. The lowest BCUT2D eigenvalue weighted by molar-refractivity contribution is 0.665. The van der Waals surface area contributed by atoms with Crippen molar-refractivity contribution in [3.8, 4) is 0 Å². The van der Waals surface area contributed by atoms with E-state index in [1.807, 2.05) is 18.2 Å². The number of halogens is 1. The molecule has 0 aromatic carbocycles. The monoisotopic (exact) mass is 388 g/mol. The Kier molecular flexibility index (Phi) is 7.78. The number of nitrogens with zero attached hydrogens (tertiary/aromatic N) is 3. The van der Waals surface area contributed by atoms with Gasteiger partial charge in [0.1, 0.15) is 0 Å². The second kappa shape index (κ2) is 9.40. The number of guanidine groups is 1. The Bertz CT molecular complexity index is 477. The molecule has 0 unspecified atom stereocenters. The minimum atomic E-state index is 0. The van der Waals surface area contributed by atoms with Crippen LogP contribution in [0.1, 0.15) is 12.6 Å². The highest BCUT2D eigenvalue weighted by Crippen LogP contribution is 1.93. The Morgan fingerprint density at radius 3 is 2.80 bits per heavy atom. The van der Waals surface area contributed by atoms with Crippen molar-refractivity contribution in [1.29, 1.82) is 0 Å². The largest absolute Gasteiger partial charge is 0.357 e. The number of hydrogen-bond acceptors (Lipinski definition) is 2. The number of nitrogens with one attached hydrogen (secondary N) is 3. The molecule has 3 N–H and O–H groups in total. The molecule has 2 heterocycles. The number of aliphatic imine (C=N–C) groups is 1. The fourth-order valence-corrected chi connectivity index (χ4v) is 1.70. The van der Waals surface area contributed by atoms with Crippen molar-refractivity contribution in [1.82, 2.24) is 25.4 Å². The molecule has 2 aromatic heterocycles. The Labute approximate surface area is 136 Å². The molecule has 0 fully saturated rings. The number of aromatic nitrogens is 3. The lowest BCUT2D eigenvalue weighted by Gasteiger charge is -2.11. The first-order chi connectivity index (χ1) is 9.38. The number of aromatic amines is 1. The molecule has 2 aromatic rings. The van der Waals surface area contributed by atoms with Crippen LogP contribution in [0.5, 0.6) is 0 Å². The fraction of sp³-hybridized carbons (Fsp3) is 0.385. The van der Waals surface area contributed by atoms with E-state index in [1.54, 1.807) is 6.20 Å². The molecule has 0 atom stereocenters. The van der Waals surface area contributed by atoms with Crippen LogP contribution in [-0.4, -0.2) is 33.8 Å². The summed E-state index contributed by atoms with van der Waals surface area (Å²) < 4.78 is 2.13.